The number of hydrogen-bond acceptors (Lipinski definition) is 3. The van der Waals surface area contributed by atoms with Crippen molar-refractivity contribution in [2.75, 3.05) is 17.7 Å². The first-order valence-corrected chi connectivity index (χ1v) is 7.06. The van der Waals surface area contributed by atoms with Crippen molar-refractivity contribution in [3.63, 3.8) is 0 Å². The van der Waals surface area contributed by atoms with Gasteiger partial charge in [-0.15, -0.1) is 0 Å². The van der Waals surface area contributed by atoms with E-state index in [1.54, 1.807) is 6.07 Å². The average molecular weight is 255 g/mol. The Hall–Kier alpha value is -0.900. The zero-order chi connectivity index (χ0) is 12.3. The summed E-state index contributed by atoms with van der Waals surface area (Å²) in [6.07, 6.45) is 1.14. The molecule has 0 radical (unpaired) electrons. The molecule has 2 rings (SSSR count). The van der Waals surface area contributed by atoms with Gasteiger partial charge in [0.25, 0.3) is 0 Å². The second kappa shape index (κ2) is 5.63. The minimum Gasteiger partial charge on any atom is -0.491 e. The molecule has 2 atom stereocenters. The van der Waals surface area contributed by atoms with Crippen molar-refractivity contribution in [2.45, 2.75) is 31.6 Å². The van der Waals surface area contributed by atoms with Gasteiger partial charge in [-0.2, -0.15) is 11.8 Å². The predicted octanol–water partition coefficient (Wildman–Crippen LogP) is 3.53. The molecule has 17 heavy (non-hydrogen) atoms. The number of anilines is 1. The number of benzene rings is 1. The number of hydrogen-bond donors (Lipinski definition) is 1. The van der Waals surface area contributed by atoms with Gasteiger partial charge in [0.2, 0.25) is 0 Å². The topological polar surface area (TPSA) is 21.3 Å². The average Bonchev–Trinajstić information content (AvgIpc) is 2.69. The fourth-order valence-corrected chi connectivity index (χ4v) is 3.20. The standard InChI is InChI=1S/C13H18FNOS/c1-3-16-13-5-4-10(8-11(13)14)15-12-6-7-17-9(12)2/h4-5,8-9,12,15H,3,6-7H2,1-2H3. The van der Waals surface area contributed by atoms with E-state index < -0.39 is 0 Å². The van der Waals surface area contributed by atoms with E-state index in [1.807, 2.05) is 24.8 Å². The van der Waals surface area contributed by atoms with Crippen LogP contribution in [0.1, 0.15) is 20.3 Å². The zero-order valence-corrected chi connectivity index (χ0v) is 11.0. The second-order valence-corrected chi connectivity index (χ2v) is 5.68. The fourth-order valence-electron chi connectivity index (χ4n) is 2.00. The molecule has 0 saturated carbocycles. The van der Waals surface area contributed by atoms with Crippen LogP contribution in [0, 0.1) is 5.82 Å². The Bertz CT molecular complexity index is 386. The third kappa shape index (κ3) is 3.06. The Morgan fingerprint density at radius 2 is 2.35 bits per heavy atom. The molecular formula is C13H18FNOS. The van der Waals surface area contributed by atoms with Gasteiger partial charge in [0, 0.05) is 23.0 Å². The lowest BCUT2D eigenvalue weighted by Gasteiger charge is -2.18. The van der Waals surface area contributed by atoms with Crippen LogP contribution in [0.3, 0.4) is 0 Å². The van der Waals surface area contributed by atoms with Gasteiger partial charge in [-0.25, -0.2) is 4.39 Å². The van der Waals surface area contributed by atoms with Gasteiger partial charge >= 0.3 is 0 Å². The highest BCUT2D eigenvalue weighted by atomic mass is 32.2. The van der Waals surface area contributed by atoms with E-state index in [0.717, 1.165) is 12.1 Å². The van der Waals surface area contributed by atoms with Crippen LogP contribution in [0.15, 0.2) is 18.2 Å². The summed E-state index contributed by atoms with van der Waals surface area (Å²) in [7, 11) is 0. The van der Waals surface area contributed by atoms with Gasteiger partial charge < -0.3 is 10.1 Å². The number of nitrogens with one attached hydrogen (secondary N) is 1. The molecule has 1 aromatic carbocycles. The van der Waals surface area contributed by atoms with Crippen LogP contribution < -0.4 is 10.1 Å². The smallest absolute Gasteiger partial charge is 0.167 e. The third-order valence-corrected chi connectivity index (χ3v) is 4.29. The molecule has 1 aliphatic heterocycles. The van der Waals surface area contributed by atoms with E-state index in [2.05, 4.69) is 12.2 Å². The molecule has 94 valence electrons. The van der Waals surface area contributed by atoms with Gasteiger partial charge in [0.15, 0.2) is 11.6 Å². The minimum atomic E-state index is -0.296. The zero-order valence-electron chi connectivity index (χ0n) is 10.2. The van der Waals surface area contributed by atoms with Crippen LogP contribution >= 0.6 is 11.8 Å². The summed E-state index contributed by atoms with van der Waals surface area (Å²) in [5, 5.41) is 3.97. The highest BCUT2D eigenvalue weighted by Gasteiger charge is 2.23. The Balaban J connectivity index is 2.04. The molecule has 1 aliphatic rings. The number of halogens is 1. The normalized spacial score (nSPS) is 23.7. The lowest BCUT2D eigenvalue weighted by Crippen LogP contribution is -2.24. The number of thioether (sulfide) groups is 1. The van der Waals surface area contributed by atoms with Crippen LogP contribution in [0.5, 0.6) is 5.75 Å². The van der Waals surface area contributed by atoms with Crippen LogP contribution in [-0.2, 0) is 0 Å². The maximum Gasteiger partial charge on any atom is 0.167 e. The molecule has 0 aliphatic carbocycles. The molecule has 2 nitrogen and oxygen atoms in total. The molecule has 4 heteroatoms. The number of rotatable bonds is 4. The van der Waals surface area contributed by atoms with Crippen molar-refractivity contribution < 1.29 is 9.13 Å². The van der Waals surface area contributed by atoms with Gasteiger partial charge in [0.05, 0.1) is 6.61 Å². The Labute approximate surface area is 106 Å². The summed E-state index contributed by atoms with van der Waals surface area (Å²) < 4.78 is 18.8. The molecule has 0 amide bonds. The second-order valence-electron chi connectivity index (χ2n) is 4.19. The van der Waals surface area contributed by atoms with Crippen LogP contribution in [0.25, 0.3) is 0 Å². The van der Waals surface area contributed by atoms with Gasteiger partial charge in [-0.3, -0.25) is 0 Å². The Morgan fingerprint density at radius 3 is 2.94 bits per heavy atom. The van der Waals surface area contributed by atoms with Crippen LogP contribution in [0.2, 0.25) is 0 Å². The monoisotopic (exact) mass is 255 g/mol. The summed E-state index contributed by atoms with van der Waals surface area (Å²) in [5.74, 6) is 1.21. The molecule has 1 fully saturated rings. The first-order chi connectivity index (χ1) is 8.20. The van der Waals surface area contributed by atoms with E-state index in [-0.39, 0.29) is 5.82 Å². The third-order valence-electron chi connectivity index (χ3n) is 2.96. The summed E-state index contributed by atoms with van der Waals surface area (Å²) in [6, 6.07) is 5.52. The molecule has 1 saturated heterocycles. The van der Waals surface area contributed by atoms with Crippen molar-refractivity contribution in [1.82, 2.24) is 0 Å². The van der Waals surface area contributed by atoms with E-state index in [4.69, 9.17) is 4.74 Å². The molecule has 1 heterocycles. The van der Waals surface area contributed by atoms with E-state index in [0.29, 0.717) is 23.6 Å². The van der Waals surface area contributed by atoms with E-state index in [9.17, 15) is 4.39 Å². The SMILES string of the molecule is CCOc1ccc(NC2CCSC2C)cc1F. The Kier molecular flexibility index (Phi) is 4.15. The van der Waals surface area contributed by atoms with Crippen LogP contribution in [0.4, 0.5) is 10.1 Å². The summed E-state index contributed by atoms with van der Waals surface area (Å²) in [4.78, 5) is 0. The van der Waals surface area contributed by atoms with Gasteiger partial charge in [-0.05, 0) is 31.2 Å². The molecule has 1 aromatic rings. The van der Waals surface area contributed by atoms with Crippen molar-refractivity contribution in [3.05, 3.63) is 24.0 Å². The first-order valence-electron chi connectivity index (χ1n) is 6.01. The van der Waals surface area contributed by atoms with Crippen molar-refractivity contribution >= 4 is 17.4 Å². The van der Waals surface area contributed by atoms with Crippen molar-refractivity contribution in [3.8, 4) is 5.75 Å². The summed E-state index contributed by atoms with van der Waals surface area (Å²) >= 11 is 1.96. The van der Waals surface area contributed by atoms with E-state index in [1.165, 1.54) is 11.8 Å². The largest absolute Gasteiger partial charge is 0.491 e. The maximum atomic E-state index is 13.6. The maximum absolute atomic E-state index is 13.6. The van der Waals surface area contributed by atoms with Gasteiger partial charge in [-0.1, -0.05) is 6.92 Å². The summed E-state index contributed by atoms with van der Waals surface area (Å²) in [5.41, 5.74) is 0.838. The molecule has 2 unspecified atom stereocenters. The Morgan fingerprint density at radius 1 is 1.53 bits per heavy atom. The molecule has 0 aromatic heterocycles. The summed E-state index contributed by atoms with van der Waals surface area (Å²) in [6.45, 7) is 4.54. The lowest BCUT2D eigenvalue weighted by molar-refractivity contribution is 0.321. The van der Waals surface area contributed by atoms with Crippen molar-refractivity contribution in [1.29, 1.82) is 0 Å². The quantitative estimate of drug-likeness (QED) is 0.889. The van der Waals surface area contributed by atoms with Gasteiger partial charge in [0.1, 0.15) is 0 Å². The highest BCUT2D eigenvalue weighted by molar-refractivity contribution is 8.00. The highest BCUT2D eigenvalue weighted by Crippen LogP contribution is 2.30. The minimum absolute atomic E-state index is 0.296. The van der Waals surface area contributed by atoms with E-state index >= 15 is 0 Å². The molecule has 0 spiro atoms. The first kappa shape index (κ1) is 12.6. The predicted molar refractivity (Wildman–Crippen MR) is 71.5 cm³/mol. The lowest BCUT2D eigenvalue weighted by atomic mass is 10.1. The fraction of sp³-hybridized carbons (Fsp3) is 0.538. The molecule has 1 N–H and O–H groups in total. The van der Waals surface area contributed by atoms with Crippen LogP contribution in [-0.4, -0.2) is 23.7 Å². The molecular weight excluding hydrogens is 237 g/mol. The molecule has 0 bridgehead atoms. The van der Waals surface area contributed by atoms with Crippen molar-refractivity contribution in [2.24, 2.45) is 0 Å². The number of ether oxygens (including phenoxy) is 1.